The number of imidazole rings is 1. The summed E-state index contributed by atoms with van der Waals surface area (Å²) in [7, 11) is -3.74. The molecule has 8 nitrogen and oxygen atoms in total. The molecule has 1 fully saturated rings. The molecule has 1 aromatic heterocycles. The number of H-pyrrole nitrogens is 2. The number of piperidine rings is 1. The number of hydrogen-bond donors (Lipinski definition) is 3. The minimum absolute atomic E-state index is 0.0860. The van der Waals surface area contributed by atoms with Gasteiger partial charge in [0, 0.05) is 24.7 Å². The molecule has 0 bridgehead atoms. The quantitative estimate of drug-likeness (QED) is 0.601. The zero-order chi connectivity index (χ0) is 20.6. The van der Waals surface area contributed by atoms with Gasteiger partial charge in [-0.1, -0.05) is 6.07 Å². The number of anilines is 1. The zero-order valence-corrected chi connectivity index (χ0v) is 16.1. The highest BCUT2D eigenvalue weighted by atomic mass is 32.2. The number of sulfonamides is 1. The van der Waals surface area contributed by atoms with Gasteiger partial charge in [0.1, 0.15) is 5.82 Å². The summed E-state index contributed by atoms with van der Waals surface area (Å²) in [5, 5.41) is 2.68. The highest BCUT2D eigenvalue weighted by Gasteiger charge is 2.32. The second kappa shape index (κ2) is 7.45. The van der Waals surface area contributed by atoms with Gasteiger partial charge in [-0.3, -0.25) is 4.79 Å². The first-order valence-corrected chi connectivity index (χ1v) is 10.6. The summed E-state index contributed by atoms with van der Waals surface area (Å²) >= 11 is 0. The summed E-state index contributed by atoms with van der Waals surface area (Å²) in [6.45, 7) is 0.399. The molecule has 2 heterocycles. The van der Waals surface area contributed by atoms with Gasteiger partial charge in [0.05, 0.1) is 15.9 Å². The second-order valence-electron chi connectivity index (χ2n) is 6.96. The Labute approximate surface area is 165 Å². The van der Waals surface area contributed by atoms with Crippen molar-refractivity contribution in [3.63, 3.8) is 0 Å². The lowest BCUT2D eigenvalue weighted by molar-refractivity contribution is -0.120. The van der Waals surface area contributed by atoms with Crippen molar-refractivity contribution in [1.82, 2.24) is 14.3 Å². The van der Waals surface area contributed by atoms with Crippen LogP contribution < -0.4 is 11.0 Å². The summed E-state index contributed by atoms with van der Waals surface area (Å²) in [6.07, 6.45) is 0.729. The van der Waals surface area contributed by atoms with Crippen LogP contribution in [-0.2, 0) is 14.8 Å². The van der Waals surface area contributed by atoms with E-state index in [2.05, 4.69) is 15.3 Å². The van der Waals surface area contributed by atoms with Crippen LogP contribution in [0.4, 0.5) is 10.1 Å². The molecule has 1 saturated heterocycles. The molecule has 0 atom stereocenters. The maximum absolute atomic E-state index is 13.3. The van der Waals surface area contributed by atoms with E-state index in [1.165, 1.54) is 34.6 Å². The van der Waals surface area contributed by atoms with E-state index in [0.29, 0.717) is 29.6 Å². The van der Waals surface area contributed by atoms with Crippen LogP contribution in [0.15, 0.2) is 52.2 Å². The summed E-state index contributed by atoms with van der Waals surface area (Å²) in [5.74, 6) is -1.04. The lowest BCUT2D eigenvalue weighted by Crippen LogP contribution is -2.41. The predicted molar refractivity (Wildman–Crippen MR) is 105 cm³/mol. The Bertz CT molecular complexity index is 1230. The molecule has 0 unspecified atom stereocenters. The Balaban J connectivity index is 1.43. The molecule has 1 aliphatic heterocycles. The van der Waals surface area contributed by atoms with Gasteiger partial charge in [0.2, 0.25) is 15.9 Å². The van der Waals surface area contributed by atoms with Crippen LogP contribution >= 0.6 is 0 Å². The van der Waals surface area contributed by atoms with Crippen molar-refractivity contribution in [2.75, 3.05) is 18.4 Å². The van der Waals surface area contributed by atoms with E-state index in [1.54, 1.807) is 12.1 Å². The third kappa shape index (κ3) is 3.94. The second-order valence-corrected chi connectivity index (χ2v) is 8.90. The molecule has 29 heavy (non-hydrogen) atoms. The summed E-state index contributed by atoms with van der Waals surface area (Å²) < 4.78 is 40.4. The summed E-state index contributed by atoms with van der Waals surface area (Å²) in [6, 6.07) is 10.0. The fourth-order valence-electron chi connectivity index (χ4n) is 3.49. The van der Waals surface area contributed by atoms with Crippen LogP contribution in [0.5, 0.6) is 0 Å². The van der Waals surface area contributed by atoms with Crippen LogP contribution in [0.25, 0.3) is 11.0 Å². The molecule has 10 heteroatoms. The van der Waals surface area contributed by atoms with Crippen molar-refractivity contribution >= 4 is 32.7 Å². The van der Waals surface area contributed by atoms with Crippen LogP contribution in [0, 0.1) is 11.7 Å². The summed E-state index contributed by atoms with van der Waals surface area (Å²) in [5.41, 5.74) is 0.917. The zero-order valence-electron chi connectivity index (χ0n) is 15.3. The maximum Gasteiger partial charge on any atom is 0.323 e. The third-order valence-electron chi connectivity index (χ3n) is 5.04. The van der Waals surface area contributed by atoms with Crippen LogP contribution in [0.3, 0.4) is 0 Å². The number of aromatic nitrogens is 2. The molecule has 0 radical (unpaired) electrons. The van der Waals surface area contributed by atoms with Crippen LogP contribution in [-0.4, -0.2) is 41.7 Å². The van der Waals surface area contributed by atoms with Gasteiger partial charge in [-0.15, -0.1) is 0 Å². The average molecular weight is 418 g/mol. The van der Waals surface area contributed by atoms with Gasteiger partial charge in [-0.05, 0) is 49.2 Å². The number of amides is 1. The SMILES string of the molecule is O=C(Nc1cccc(F)c1)C1CCN(S(=O)(=O)c2ccc3[nH]c(=O)[nH]c3c2)CC1. The number of aromatic amines is 2. The van der Waals surface area contributed by atoms with Gasteiger partial charge in [-0.25, -0.2) is 17.6 Å². The van der Waals surface area contributed by atoms with E-state index in [1.807, 2.05) is 0 Å². The molecule has 3 N–H and O–H groups in total. The van der Waals surface area contributed by atoms with E-state index in [-0.39, 0.29) is 29.8 Å². The number of hydrogen-bond acceptors (Lipinski definition) is 4. The van der Waals surface area contributed by atoms with E-state index in [0.717, 1.165) is 0 Å². The molecule has 4 rings (SSSR count). The lowest BCUT2D eigenvalue weighted by atomic mass is 9.97. The largest absolute Gasteiger partial charge is 0.326 e. The number of fused-ring (bicyclic) bond motifs is 1. The van der Waals surface area contributed by atoms with Crippen molar-refractivity contribution in [3.05, 3.63) is 58.8 Å². The minimum atomic E-state index is -3.74. The molecule has 2 aromatic carbocycles. The van der Waals surface area contributed by atoms with Gasteiger partial charge >= 0.3 is 5.69 Å². The predicted octanol–water partition coefficient (Wildman–Crippen LogP) is 2.03. The van der Waals surface area contributed by atoms with Gasteiger partial charge < -0.3 is 15.3 Å². The molecule has 152 valence electrons. The molecule has 1 aliphatic rings. The standard InChI is InChI=1S/C19H19FN4O4S/c20-13-2-1-3-14(10-13)21-18(25)12-6-8-24(9-7-12)29(27,28)15-4-5-16-17(11-15)23-19(26)22-16/h1-5,10-12H,6-9H2,(H,21,25)(H2,22,23,26). The van der Waals surface area contributed by atoms with E-state index in [4.69, 9.17) is 0 Å². The smallest absolute Gasteiger partial charge is 0.323 e. The Hall–Kier alpha value is -2.98. The molecular weight excluding hydrogens is 399 g/mol. The van der Waals surface area contributed by atoms with Crippen molar-refractivity contribution < 1.29 is 17.6 Å². The Morgan fingerprint density at radius 1 is 1.07 bits per heavy atom. The molecule has 1 amide bonds. The first-order valence-electron chi connectivity index (χ1n) is 9.11. The minimum Gasteiger partial charge on any atom is -0.326 e. The number of nitrogens with zero attached hydrogens (tertiary/aromatic N) is 1. The van der Waals surface area contributed by atoms with Crippen molar-refractivity contribution in [1.29, 1.82) is 0 Å². The van der Waals surface area contributed by atoms with Crippen LogP contribution in [0.1, 0.15) is 12.8 Å². The highest BCUT2D eigenvalue weighted by molar-refractivity contribution is 7.89. The topological polar surface area (TPSA) is 115 Å². The van der Waals surface area contributed by atoms with E-state index < -0.39 is 21.5 Å². The van der Waals surface area contributed by atoms with Crippen molar-refractivity contribution in [3.8, 4) is 0 Å². The monoisotopic (exact) mass is 418 g/mol. The Morgan fingerprint density at radius 2 is 1.79 bits per heavy atom. The first kappa shape index (κ1) is 19.3. The fraction of sp³-hybridized carbons (Fsp3) is 0.263. The van der Waals surface area contributed by atoms with Crippen molar-refractivity contribution in [2.24, 2.45) is 5.92 Å². The number of carbonyl (C=O) groups is 1. The number of carbonyl (C=O) groups excluding carboxylic acids is 1. The first-order chi connectivity index (χ1) is 13.8. The van der Waals surface area contributed by atoms with Crippen molar-refractivity contribution in [2.45, 2.75) is 17.7 Å². The van der Waals surface area contributed by atoms with Gasteiger partial charge in [0.15, 0.2) is 0 Å². The fourth-order valence-corrected chi connectivity index (χ4v) is 4.99. The molecule has 3 aromatic rings. The summed E-state index contributed by atoms with van der Waals surface area (Å²) in [4.78, 5) is 29.0. The number of rotatable bonds is 4. The maximum atomic E-state index is 13.3. The molecular formula is C19H19FN4O4S. The van der Waals surface area contributed by atoms with Crippen LogP contribution in [0.2, 0.25) is 0 Å². The third-order valence-corrected chi connectivity index (χ3v) is 6.94. The number of halogens is 1. The molecule has 0 saturated carbocycles. The van der Waals surface area contributed by atoms with E-state index >= 15 is 0 Å². The Morgan fingerprint density at radius 3 is 2.52 bits per heavy atom. The number of nitrogens with one attached hydrogen (secondary N) is 3. The van der Waals surface area contributed by atoms with Gasteiger partial charge in [-0.2, -0.15) is 4.31 Å². The van der Waals surface area contributed by atoms with Gasteiger partial charge in [0.25, 0.3) is 0 Å². The molecule has 0 aliphatic carbocycles. The lowest BCUT2D eigenvalue weighted by Gasteiger charge is -2.30. The molecule has 0 spiro atoms. The normalized spacial score (nSPS) is 16.2. The number of benzene rings is 2. The highest BCUT2D eigenvalue weighted by Crippen LogP contribution is 2.26. The average Bonchev–Trinajstić information content (AvgIpc) is 3.07. The Kier molecular flexibility index (Phi) is 4.97. The van der Waals surface area contributed by atoms with E-state index in [9.17, 15) is 22.4 Å².